The van der Waals surface area contributed by atoms with Gasteiger partial charge in [0, 0.05) is 11.1 Å². The molecule has 1 atom stereocenters. The number of rotatable bonds is 5. The van der Waals surface area contributed by atoms with Crippen molar-refractivity contribution in [1.82, 2.24) is 5.32 Å². The first-order valence-corrected chi connectivity index (χ1v) is 8.16. The Morgan fingerprint density at radius 3 is 2.47 bits per heavy atom. The van der Waals surface area contributed by atoms with Gasteiger partial charge < -0.3 is 5.32 Å². The van der Waals surface area contributed by atoms with Gasteiger partial charge in [-0.15, -0.1) is 0 Å². The van der Waals surface area contributed by atoms with Gasteiger partial charge in [0.05, 0.1) is 0 Å². The van der Waals surface area contributed by atoms with Crippen LogP contribution in [0.15, 0.2) is 24.3 Å². The van der Waals surface area contributed by atoms with Crippen molar-refractivity contribution >= 4 is 11.6 Å². The summed E-state index contributed by atoms with van der Waals surface area (Å²) >= 11 is 6.31. The Morgan fingerprint density at radius 2 is 1.84 bits per heavy atom. The van der Waals surface area contributed by atoms with E-state index in [0.29, 0.717) is 6.04 Å². The second-order valence-electron chi connectivity index (χ2n) is 5.71. The zero-order valence-corrected chi connectivity index (χ0v) is 12.8. The minimum atomic E-state index is 0.586. The summed E-state index contributed by atoms with van der Waals surface area (Å²) in [7, 11) is 0. The molecular weight excluding hydrogens is 254 g/mol. The summed E-state index contributed by atoms with van der Waals surface area (Å²) in [6.07, 6.45) is 9.45. The predicted octanol–water partition coefficient (Wildman–Crippen LogP) is 4.83. The fourth-order valence-corrected chi connectivity index (χ4v) is 3.49. The lowest BCUT2D eigenvalue weighted by Crippen LogP contribution is -2.38. The van der Waals surface area contributed by atoms with Crippen LogP contribution < -0.4 is 5.32 Å². The molecule has 0 aromatic heterocycles. The van der Waals surface area contributed by atoms with Crippen LogP contribution in [0.4, 0.5) is 0 Å². The fourth-order valence-electron chi connectivity index (χ4n) is 3.28. The van der Waals surface area contributed by atoms with Gasteiger partial charge in [0.1, 0.15) is 0 Å². The lowest BCUT2D eigenvalue weighted by molar-refractivity contribution is 0.321. The molecule has 1 N–H and O–H groups in total. The number of hydrogen-bond donors (Lipinski definition) is 1. The molecule has 0 amide bonds. The van der Waals surface area contributed by atoms with E-state index in [1.807, 2.05) is 12.1 Å². The smallest absolute Gasteiger partial charge is 0.0438 e. The molecule has 19 heavy (non-hydrogen) atoms. The van der Waals surface area contributed by atoms with Crippen LogP contribution in [-0.4, -0.2) is 12.6 Å². The molecule has 1 unspecified atom stereocenters. The molecule has 1 fully saturated rings. The Balaban J connectivity index is 2.04. The summed E-state index contributed by atoms with van der Waals surface area (Å²) in [6.45, 7) is 3.25. The molecule has 2 rings (SSSR count). The molecule has 1 aliphatic carbocycles. The number of nitrogens with one attached hydrogen (secondary N) is 1. The fraction of sp³-hybridized carbons (Fsp3) is 0.647. The largest absolute Gasteiger partial charge is 0.314 e. The average Bonchev–Trinajstić information content (AvgIpc) is 2.69. The first-order valence-electron chi connectivity index (χ1n) is 7.78. The monoisotopic (exact) mass is 279 g/mol. The van der Waals surface area contributed by atoms with Crippen LogP contribution in [0.25, 0.3) is 0 Å². The maximum absolute atomic E-state index is 6.31. The van der Waals surface area contributed by atoms with Crippen LogP contribution in [0.5, 0.6) is 0 Å². The second-order valence-corrected chi connectivity index (χ2v) is 6.12. The molecule has 0 spiro atoms. The Kier molecular flexibility index (Phi) is 6.19. The highest BCUT2D eigenvalue weighted by Gasteiger charge is 2.22. The zero-order chi connectivity index (χ0) is 13.5. The molecule has 0 heterocycles. The molecule has 1 aromatic rings. The van der Waals surface area contributed by atoms with Gasteiger partial charge in [-0.2, -0.15) is 0 Å². The van der Waals surface area contributed by atoms with Crippen molar-refractivity contribution in [2.75, 3.05) is 6.54 Å². The summed E-state index contributed by atoms with van der Waals surface area (Å²) in [5.74, 6) is 0.818. The van der Waals surface area contributed by atoms with Crippen molar-refractivity contribution in [3.05, 3.63) is 34.9 Å². The molecule has 0 bridgehead atoms. The first-order chi connectivity index (χ1) is 9.31. The lowest BCUT2D eigenvalue weighted by Gasteiger charge is -2.27. The topological polar surface area (TPSA) is 12.0 Å². The van der Waals surface area contributed by atoms with Crippen molar-refractivity contribution in [3.63, 3.8) is 0 Å². The van der Waals surface area contributed by atoms with Gasteiger partial charge >= 0.3 is 0 Å². The van der Waals surface area contributed by atoms with Crippen LogP contribution in [0, 0.1) is 5.92 Å². The summed E-state index contributed by atoms with van der Waals surface area (Å²) in [6, 6.07) is 8.87. The number of likely N-dealkylation sites (N-methyl/N-ethyl adjacent to an activating group) is 1. The third kappa shape index (κ3) is 4.50. The highest BCUT2D eigenvalue weighted by Crippen LogP contribution is 2.28. The van der Waals surface area contributed by atoms with E-state index in [9.17, 15) is 0 Å². The summed E-state index contributed by atoms with van der Waals surface area (Å²) in [4.78, 5) is 0. The Hall–Kier alpha value is -0.530. The normalized spacial score (nSPS) is 19.1. The maximum Gasteiger partial charge on any atom is 0.0438 e. The zero-order valence-electron chi connectivity index (χ0n) is 12.0. The van der Waals surface area contributed by atoms with E-state index in [2.05, 4.69) is 24.4 Å². The molecule has 106 valence electrons. The van der Waals surface area contributed by atoms with Crippen molar-refractivity contribution in [2.45, 2.75) is 57.9 Å². The van der Waals surface area contributed by atoms with Gasteiger partial charge in [0.2, 0.25) is 0 Å². The van der Waals surface area contributed by atoms with E-state index in [-0.39, 0.29) is 0 Å². The first kappa shape index (κ1) is 14.9. The van der Waals surface area contributed by atoms with Crippen molar-refractivity contribution in [2.24, 2.45) is 5.92 Å². The minimum Gasteiger partial charge on any atom is -0.314 e. The summed E-state index contributed by atoms with van der Waals surface area (Å²) in [5.41, 5.74) is 1.29. The Bertz CT molecular complexity index is 369. The van der Waals surface area contributed by atoms with E-state index in [0.717, 1.165) is 23.9 Å². The van der Waals surface area contributed by atoms with Gasteiger partial charge in [0.25, 0.3) is 0 Å². The standard InChI is InChI=1S/C17H26ClN/c1-2-19-17(14-9-5-3-4-6-10-14)13-15-11-7-8-12-16(15)18/h7-8,11-12,14,17,19H,2-6,9-10,13H2,1H3. The van der Waals surface area contributed by atoms with Crippen LogP contribution in [0.2, 0.25) is 5.02 Å². The summed E-state index contributed by atoms with van der Waals surface area (Å²) < 4.78 is 0. The van der Waals surface area contributed by atoms with Crippen LogP contribution >= 0.6 is 11.6 Å². The maximum atomic E-state index is 6.31. The van der Waals surface area contributed by atoms with E-state index >= 15 is 0 Å². The number of hydrogen-bond acceptors (Lipinski definition) is 1. The molecule has 0 saturated heterocycles. The number of benzene rings is 1. The molecule has 0 aliphatic heterocycles. The third-order valence-corrected chi connectivity index (χ3v) is 4.70. The van der Waals surface area contributed by atoms with E-state index in [1.165, 1.54) is 44.1 Å². The molecule has 1 aromatic carbocycles. The molecule has 1 nitrogen and oxygen atoms in total. The van der Waals surface area contributed by atoms with Crippen molar-refractivity contribution in [1.29, 1.82) is 0 Å². The van der Waals surface area contributed by atoms with Gasteiger partial charge in [-0.1, -0.05) is 62.4 Å². The van der Waals surface area contributed by atoms with Gasteiger partial charge in [-0.05, 0) is 43.4 Å². The second kappa shape index (κ2) is 7.91. The molecule has 1 saturated carbocycles. The van der Waals surface area contributed by atoms with Crippen LogP contribution in [-0.2, 0) is 6.42 Å². The highest BCUT2D eigenvalue weighted by atomic mass is 35.5. The van der Waals surface area contributed by atoms with Crippen LogP contribution in [0.1, 0.15) is 51.0 Å². The van der Waals surface area contributed by atoms with E-state index in [4.69, 9.17) is 11.6 Å². The lowest BCUT2D eigenvalue weighted by atomic mass is 9.87. The van der Waals surface area contributed by atoms with E-state index in [1.54, 1.807) is 0 Å². The van der Waals surface area contributed by atoms with Crippen molar-refractivity contribution < 1.29 is 0 Å². The SMILES string of the molecule is CCNC(Cc1ccccc1Cl)C1CCCCCC1. The summed E-state index contributed by atoms with van der Waals surface area (Å²) in [5, 5.41) is 4.61. The van der Waals surface area contributed by atoms with Gasteiger partial charge in [-0.25, -0.2) is 0 Å². The van der Waals surface area contributed by atoms with Gasteiger partial charge in [-0.3, -0.25) is 0 Å². The van der Waals surface area contributed by atoms with Crippen molar-refractivity contribution in [3.8, 4) is 0 Å². The minimum absolute atomic E-state index is 0.586. The highest BCUT2D eigenvalue weighted by molar-refractivity contribution is 6.31. The Morgan fingerprint density at radius 1 is 1.16 bits per heavy atom. The van der Waals surface area contributed by atoms with Gasteiger partial charge in [0.15, 0.2) is 0 Å². The number of halogens is 1. The Labute approximate surface area is 122 Å². The molecular formula is C17H26ClN. The molecule has 0 radical (unpaired) electrons. The molecule has 1 aliphatic rings. The quantitative estimate of drug-likeness (QED) is 0.761. The molecule has 2 heteroatoms. The average molecular weight is 280 g/mol. The van der Waals surface area contributed by atoms with Crippen LogP contribution in [0.3, 0.4) is 0 Å². The third-order valence-electron chi connectivity index (χ3n) is 4.33. The predicted molar refractivity (Wildman–Crippen MR) is 83.8 cm³/mol. The van der Waals surface area contributed by atoms with E-state index < -0.39 is 0 Å².